The summed E-state index contributed by atoms with van der Waals surface area (Å²) in [4.78, 5) is 22.8. The van der Waals surface area contributed by atoms with Crippen molar-refractivity contribution in [3.63, 3.8) is 0 Å². The third kappa shape index (κ3) is 3.95. The number of rotatable bonds is 8. The largest absolute Gasteiger partial charge is 0.493 e. The van der Waals surface area contributed by atoms with Crippen LogP contribution in [0.4, 0.5) is 0 Å². The lowest BCUT2D eigenvalue weighted by Gasteiger charge is -2.32. The maximum absolute atomic E-state index is 13.7. The number of hydrogen-bond acceptors (Lipinski definition) is 7. The Balaban J connectivity index is 1.60. The maximum Gasteiger partial charge on any atom is 0.277 e. The first-order valence-electron chi connectivity index (χ1n) is 12.3. The van der Waals surface area contributed by atoms with Crippen molar-refractivity contribution in [3.8, 4) is 17.1 Å². The number of nitrogens with one attached hydrogen (secondary N) is 1. The molecular weight excluding hydrogens is 468 g/mol. The molecule has 0 aliphatic carbocycles. The summed E-state index contributed by atoms with van der Waals surface area (Å²) in [5.74, 6) is 1.41. The smallest absolute Gasteiger partial charge is 0.277 e. The van der Waals surface area contributed by atoms with Crippen LogP contribution in [0.2, 0.25) is 0 Å². The summed E-state index contributed by atoms with van der Waals surface area (Å²) in [5, 5.41) is 4.67. The van der Waals surface area contributed by atoms with Crippen molar-refractivity contribution >= 4 is 15.5 Å². The lowest BCUT2D eigenvalue weighted by Crippen LogP contribution is -2.48. The summed E-state index contributed by atoms with van der Waals surface area (Å²) in [5.41, 5.74) is 1.11. The van der Waals surface area contributed by atoms with E-state index in [2.05, 4.69) is 26.9 Å². The first kappa shape index (κ1) is 24.0. The topological polar surface area (TPSA) is 113 Å². The van der Waals surface area contributed by atoms with Crippen molar-refractivity contribution in [3.05, 3.63) is 40.1 Å². The molecule has 2 fully saturated rings. The van der Waals surface area contributed by atoms with Crippen LogP contribution in [0.15, 0.2) is 27.9 Å². The number of sulfonamides is 1. The average molecular weight is 501 g/mol. The second kappa shape index (κ2) is 9.03. The molecule has 2 atom stereocenters. The molecule has 2 bridgehead atoms. The molecule has 10 nitrogen and oxygen atoms in total. The molecule has 2 unspecified atom stereocenters. The molecule has 0 saturated carbocycles. The van der Waals surface area contributed by atoms with Gasteiger partial charge in [0.15, 0.2) is 11.3 Å². The predicted molar refractivity (Wildman–Crippen MR) is 132 cm³/mol. The minimum Gasteiger partial charge on any atom is -0.493 e. The van der Waals surface area contributed by atoms with Crippen LogP contribution in [-0.2, 0) is 16.4 Å². The molecule has 1 N–H and O–H groups in total. The van der Waals surface area contributed by atoms with E-state index in [-0.39, 0.29) is 28.4 Å². The first-order chi connectivity index (χ1) is 16.8. The fraction of sp³-hybridized carbons (Fsp3) is 0.542. The molecule has 2 aliphatic heterocycles. The number of aryl methyl sites for hydroxylation is 2. The number of aromatic nitrogens is 4. The van der Waals surface area contributed by atoms with Gasteiger partial charge in [-0.2, -0.15) is 4.31 Å². The summed E-state index contributed by atoms with van der Waals surface area (Å²) < 4.78 is 36.3. The Morgan fingerprint density at radius 1 is 1.17 bits per heavy atom. The van der Waals surface area contributed by atoms with Gasteiger partial charge in [-0.15, -0.1) is 5.10 Å². The Labute approximate surface area is 205 Å². The number of ether oxygens (including phenoxy) is 1. The van der Waals surface area contributed by atoms with Crippen molar-refractivity contribution in [1.82, 2.24) is 28.8 Å². The lowest BCUT2D eigenvalue weighted by atomic mass is 10.2. The van der Waals surface area contributed by atoms with Gasteiger partial charge in [-0.05, 0) is 51.4 Å². The summed E-state index contributed by atoms with van der Waals surface area (Å²) in [7, 11) is -3.72. The molecule has 2 saturated heterocycles. The molecule has 2 aliphatic rings. The van der Waals surface area contributed by atoms with Gasteiger partial charge in [0.05, 0.1) is 22.8 Å². The molecule has 35 heavy (non-hydrogen) atoms. The molecular formula is C24H32N6O4S. The van der Waals surface area contributed by atoms with Crippen molar-refractivity contribution in [2.45, 2.75) is 63.9 Å². The normalized spacial score (nSPS) is 20.8. The van der Waals surface area contributed by atoms with Gasteiger partial charge in [-0.3, -0.25) is 9.69 Å². The van der Waals surface area contributed by atoms with E-state index in [1.165, 1.54) is 0 Å². The average Bonchev–Trinajstić information content (AvgIpc) is 3.53. The van der Waals surface area contributed by atoms with E-state index < -0.39 is 10.0 Å². The van der Waals surface area contributed by atoms with Gasteiger partial charge < -0.3 is 9.72 Å². The van der Waals surface area contributed by atoms with Crippen LogP contribution >= 0.6 is 0 Å². The van der Waals surface area contributed by atoms with Crippen LogP contribution in [0.5, 0.6) is 5.75 Å². The monoisotopic (exact) mass is 500 g/mol. The van der Waals surface area contributed by atoms with Crippen LogP contribution < -0.4 is 10.3 Å². The standard InChI is InChI=1S/C24H32N6O4S/c1-5-8-21-25-15(4)22-24(31)26-23(27-30(21)22)19-12-18(9-10-20(19)34-7-3)35(32,33)29-14-16-11-17(29)13-28(16)6-2/h9-10,12,16-17H,5-8,11,13-14H2,1-4H3,(H,26,27,31). The SMILES string of the molecule is CCCc1nc(C)c2c(=O)[nH]c(-c3cc(S(=O)(=O)N4CC5CC4CN5CC)ccc3OCC)nn12. The minimum absolute atomic E-state index is 0.0141. The molecule has 0 amide bonds. The van der Waals surface area contributed by atoms with Crippen molar-refractivity contribution < 1.29 is 13.2 Å². The second-order valence-electron chi connectivity index (χ2n) is 9.22. The highest BCUT2D eigenvalue weighted by atomic mass is 32.2. The van der Waals surface area contributed by atoms with Crippen LogP contribution in [-0.4, -0.2) is 75.5 Å². The van der Waals surface area contributed by atoms with Gasteiger partial charge in [-0.1, -0.05) is 13.8 Å². The molecule has 4 heterocycles. The van der Waals surface area contributed by atoms with Gasteiger partial charge in [-0.25, -0.2) is 17.9 Å². The van der Waals surface area contributed by atoms with Crippen molar-refractivity contribution in [2.75, 3.05) is 26.2 Å². The molecule has 0 radical (unpaired) electrons. The fourth-order valence-electron chi connectivity index (χ4n) is 5.41. The highest BCUT2D eigenvalue weighted by Gasteiger charge is 2.47. The van der Waals surface area contributed by atoms with Gasteiger partial charge in [0.2, 0.25) is 10.0 Å². The number of likely N-dealkylation sites (N-methyl/N-ethyl adjacent to an activating group) is 1. The highest BCUT2D eigenvalue weighted by molar-refractivity contribution is 7.89. The quantitative estimate of drug-likeness (QED) is 0.505. The number of hydrogen-bond donors (Lipinski definition) is 1. The summed E-state index contributed by atoms with van der Waals surface area (Å²) >= 11 is 0. The summed E-state index contributed by atoms with van der Waals surface area (Å²) in [6, 6.07) is 5.04. The van der Waals surface area contributed by atoms with Crippen LogP contribution in [0, 0.1) is 6.92 Å². The number of fused-ring (bicyclic) bond motifs is 3. The molecule has 3 aromatic rings. The number of nitrogens with zero attached hydrogens (tertiary/aromatic N) is 5. The third-order valence-electron chi connectivity index (χ3n) is 7.04. The van der Waals surface area contributed by atoms with Gasteiger partial charge in [0.25, 0.3) is 5.56 Å². The van der Waals surface area contributed by atoms with Crippen molar-refractivity contribution in [1.29, 1.82) is 0 Å². The fourth-order valence-corrected chi connectivity index (χ4v) is 7.10. The summed E-state index contributed by atoms with van der Waals surface area (Å²) in [6.07, 6.45) is 2.39. The first-order valence-corrected chi connectivity index (χ1v) is 13.7. The maximum atomic E-state index is 13.7. The van der Waals surface area contributed by atoms with Crippen LogP contribution in [0.25, 0.3) is 16.9 Å². The van der Waals surface area contributed by atoms with Crippen molar-refractivity contribution in [2.24, 2.45) is 0 Å². The third-order valence-corrected chi connectivity index (χ3v) is 8.95. The Morgan fingerprint density at radius 3 is 2.63 bits per heavy atom. The van der Waals surface area contributed by atoms with E-state index >= 15 is 0 Å². The van der Waals surface area contributed by atoms with Crippen LogP contribution in [0.1, 0.15) is 45.1 Å². The molecule has 11 heteroatoms. The lowest BCUT2D eigenvalue weighted by molar-refractivity contribution is 0.190. The molecule has 5 rings (SSSR count). The van der Waals surface area contributed by atoms with Crippen LogP contribution in [0.3, 0.4) is 0 Å². The number of benzene rings is 1. The zero-order valence-corrected chi connectivity index (χ0v) is 21.4. The van der Waals surface area contributed by atoms with Gasteiger partial charge in [0, 0.05) is 31.6 Å². The predicted octanol–water partition coefficient (Wildman–Crippen LogP) is 2.21. The van der Waals surface area contributed by atoms with Gasteiger partial charge in [0.1, 0.15) is 11.6 Å². The number of H-pyrrole nitrogens is 1. The molecule has 0 spiro atoms. The van der Waals surface area contributed by atoms with E-state index in [1.54, 1.807) is 33.9 Å². The minimum atomic E-state index is -3.72. The van der Waals surface area contributed by atoms with E-state index in [9.17, 15) is 13.2 Å². The van der Waals surface area contributed by atoms with E-state index in [1.807, 2.05) is 13.8 Å². The Morgan fingerprint density at radius 2 is 1.97 bits per heavy atom. The zero-order chi connectivity index (χ0) is 24.9. The number of piperazine rings is 1. The zero-order valence-electron chi connectivity index (χ0n) is 20.6. The number of likely N-dealkylation sites (tertiary alicyclic amines) is 1. The van der Waals surface area contributed by atoms with E-state index in [0.717, 1.165) is 25.9 Å². The highest BCUT2D eigenvalue weighted by Crippen LogP contribution is 2.37. The van der Waals surface area contributed by atoms with Gasteiger partial charge >= 0.3 is 0 Å². The van der Waals surface area contributed by atoms with E-state index in [4.69, 9.17) is 4.74 Å². The molecule has 2 aromatic heterocycles. The Bertz CT molecular complexity index is 1430. The Hall–Kier alpha value is -2.76. The number of aromatic amines is 1. The molecule has 1 aromatic carbocycles. The van der Waals surface area contributed by atoms with E-state index in [0.29, 0.717) is 47.9 Å². The summed E-state index contributed by atoms with van der Waals surface area (Å²) in [6.45, 7) is 10.4. The number of imidazole rings is 1. The molecule has 188 valence electrons. The second-order valence-corrected chi connectivity index (χ2v) is 11.1. The Kier molecular flexibility index (Phi) is 6.18.